The first-order valence-electron chi connectivity index (χ1n) is 8.41. The van der Waals surface area contributed by atoms with Crippen molar-refractivity contribution in [3.63, 3.8) is 0 Å². The molecule has 0 aliphatic rings. The summed E-state index contributed by atoms with van der Waals surface area (Å²) in [5, 5.41) is 5.25. The molecule has 2 aromatic rings. The molecule has 0 saturated heterocycles. The van der Waals surface area contributed by atoms with Crippen LogP contribution in [0.4, 0.5) is 5.00 Å². The molecule has 0 saturated carbocycles. The number of nitrogens with one attached hydrogen (secondary N) is 1. The molecule has 7 heteroatoms. The smallest absolute Gasteiger partial charge is 0.341 e. The van der Waals surface area contributed by atoms with Crippen molar-refractivity contribution in [2.24, 2.45) is 5.73 Å². The van der Waals surface area contributed by atoms with E-state index in [1.54, 1.807) is 6.92 Å². The maximum absolute atomic E-state index is 12.5. The van der Waals surface area contributed by atoms with E-state index in [0.29, 0.717) is 22.9 Å². The number of hydrogen-bond donors (Lipinski definition) is 2. The zero-order valence-electron chi connectivity index (χ0n) is 15.3. The van der Waals surface area contributed by atoms with Gasteiger partial charge in [0.2, 0.25) is 5.91 Å². The van der Waals surface area contributed by atoms with Crippen LogP contribution in [0.25, 0.3) is 11.1 Å². The Morgan fingerprint density at radius 3 is 2.69 bits per heavy atom. The first-order valence-corrected chi connectivity index (χ1v) is 10.4. The maximum Gasteiger partial charge on any atom is 0.341 e. The number of ether oxygens (including phenoxy) is 1. The van der Waals surface area contributed by atoms with Crippen molar-refractivity contribution in [1.82, 2.24) is 0 Å². The average Bonchev–Trinajstić information content (AvgIpc) is 3.01. The molecule has 5 nitrogen and oxygen atoms in total. The van der Waals surface area contributed by atoms with Gasteiger partial charge in [-0.1, -0.05) is 18.2 Å². The van der Waals surface area contributed by atoms with E-state index in [2.05, 4.69) is 5.32 Å². The minimum atomic E-state index is -0.424. The Bertz CT molecular complexity index is 787. The van der Waals surface area contributed by atoms with Crippen molar-refractivity contribution < 1.29 is 14.3 Å². The summed E-state index contributed by atoms with van der Waals surface area (Å²) in [7, 11) is 0. The molecule has 0 spiro atoms. The predicted octanol–water partition coefficient (Wildman–Crippen LogP) is 3.84. The second kappa shape index (κ2) is 9.75. The van der Waals surface area contributed by atoms with E-state index >= 15 is 0 Å². The number of esters is 1. The summed E-state index contributed by atoms with van der Waals surface area (Å²) >= 11 is 2.80. The highest BCUT2D eigenvalue weighted by atomic mass is 32.2. The van der Waals surface area contributed by atoms with E-state index in [1.165, 1.54) is 28.7 Å². The van der Waals surface area contributed by atoms with Gasteiger partial charge in [0.05, 0.1) is 12.4 Å². The molecule has 26 heavy (non-hydrogen) atoms. The molecule has 1 heterocycles. The molecule has 0 aliphatic carbocycles. The van der Waals surface area contributed by atoms with Crippen LogP contribution in [0.3, 0.4) is 0 Å². The first-order chi connectivity index (χ1) is 12.5. The van der Waals surface area contributed by atoms with Crippen molar-refractivity contribution >= 4 is 40.0 Å². The monoisotopic (exact) mass is 392 g/mol. The van der Waals surface area contributed by atoms with Crippen LogP contribution in [0.2, 0.25) is 0 Å². The molecule has 1 aromatic heterocycles. The molecule has 2 rings (SSSR count). The molecule has 0 unspecified atom stereocenters. The number of aryl methyl sites for hydroxylation is 2. The summed E-state index contributed by atoms with van der Waals surface area (Å²) in [6, 6.07) is 6.05. The van der Waals surface area contributed by atoms with E-state index in [0.717, 1.165) is 22.4 Å². The van der Waals surface area contributed by atoms with Gasteiger partial charge in [0.25, 0.3) is 0 Å². The number of carbonyl (C=O) groups is 2. The normalized spacial score (nSPS) is 10.6. The lowest BCUT2D eigenvalue weighted by Gasteiger charge is -2.10. The van der Waals surface area contributed by atoms with Crippen LogP contribution in [0.5, 0.6) is 0 Å². The molecule has 0 radical (unpaired) electrons. The van der Waals surface area contributed by atoms with E-state index in [1.807, 2.05) is 37.4 Å². The number of rotatable bonds is 8. The van der Waals surface area contributed by atoms with Crippen molar-refractivity contribution in [1.29, 1.82) is 0 Å². The minimum Gasteiger partial charge on any atom is -0.462 e. The van der Waals surface area contributed by atoms with E-state index < -0.39 is 5.97 Å². The van der Waals surface area contributed by atoms with Crippen LogP contribution in [-0.4, -0.2) is 36.5 Å². The highest BCUT2D eigenvalue weighted by Crippen LogP contribution is 2.37. The fourth-order valence-electron chi connectivity index (χ4n) is 2.39. The molecular weight excluding hydrogens is 368 g/mol. The topological polar surface area (TPSA) is 81.4 Å². The van der Waals surface area contributed by atoms with Crippen molar-refractivity contribution in [3.8, 4) is 11.1 Å². The van der Waals surface area contributed by atoms with Gasteiger partial charge in [-0.25, -0.2) is 4.79 Å². The zero-order valence-corrected chi connectivity index (χ0v) is 16.9. The summed E-state index contributed by atoms with van der Waals surface area (Å²) in [6.45, 7) is 6.65. The van der Waals surface area contributed by atoms with Crippen molar-refractivity contribution in [3.05, 3.63) is 40.3 Å². The number of carbonyl (C=O) groups excluding carboxylic acids is 2. The van der Waals surface area contributed by atoms with Gasteiger partial charge >= 0.3 is 5.97 Å². The van der Waals surface area contributed by atoms with Gasteiger partial charge in [0, 0.05) is 23.2 Å². The average molecular weight is 393 g/mol. The Balaban J connectivity index is 2.34. The Morgan fingerprint density at radius 2 is 2.04 bits per heavy atom. The van der Waals surface area contributed by atoms with Gasteiger partial charge in [-0.2, -0.15) is 11.8 Å². The lowest BCUT2D eigenvalue weighted by Crippen LogP contribution is -2.17. The highest BCUT2D eigenvalue weighted by molar-refractivity contribution is 7.99. The van der Waals surface area contributed by atoms with E-state index in [9.17, 15) is 9.59 Å². The molecule has 0 fully saturated rings. The quantitative estimate of drug-likeness (QED) is 0.527. The van der Waals surface area contributed by atoms with Crippen LogP contribution >= 0.6 is 23.1 Å². The van der Waals surface area contributed by atoms with Gasteiger partial charge in [-0.05, 0) is 37.5 Å². The van der Waals surface area contributed by atoms with Crippen molar-refractivity contribution in [2.75, 3.05) is 30.0 Å². The second-order valence-corrected chi connectivity index (χ2v) is 7.75. The van der Waals surface area contributed by atoms with Gasteiger partial charge in [-0.15, -0.1) is 11.3 Å². The lowest BCUT2D eigenvalue weighted by molar-refractivity contribution is -0.113. The molecule has 0 bridgehead atoms. The standard InChI is InChI=1S/C19H24N2O3S2/c1-4-24-19(23)17-15(14-6-5-12(2)13(3)9-14)10-26-18(17)21-16(22)11-25-8-7-20/h5-6,9-10H,4,7-8,11,20H2,1-3H3,(H,21,22). The minimum absolute atomic E-state index is 0.150. The second-order valence-electron chi connectivity index (χ2n) is 5.76. The van der Waals surface area contributed by atoms with Crippen molar-refractivity contribution in [2.45, 2.75) is 20.8 Å². The Kier molecular flexibility index (Phi) is 7.68. The van der Waals surface area contributed by atoms with Gasteiger partial charge in [0.15, 0.2) is 0 Å². The van der Waals surface area contributed by atoms with Crippen LogP contribution in [0.15, 0.2) is 23.6 Å². The van der Waals surface area contributed by atoms with Crippen LogP contribution in [0.1, 0.15) is 28.4 Å². The molecule has 140 valence electrons. The predicted molar refractivity (Wildman–Crippen MR) is 110 cm³/mol. The van der Waals surface area contributed by atoms with Crippen LogP contribution in [-0.2, 0) is 9.53 Å². The Labute approximate surface area is 162 Å². The summed E-state index contributed by atoms with van der Waals surface area (Å²) in [4.78, 5) is 24.7. The van der Waals surface area contributed by atoms with Gasteiger partial charge in [0.1, 0.15) is 10.6 Å². The molecule has 0 aliphatic heterocycles. The summed E-state index contributed by atoms with van der Waals surface area (Å²) in [5.41, 5.74) is 9.90. The van der Waals surface area contributed by atoms with Crippen LogP contribution in [0, 0.1) is 13.8 Å². The number of thioether (sulfide) groups is 1. The Hall–Kier alpha value is -1.83. The summed E-state index contributed by atoms with van der Waals surface area (Å²) in [5.74, 6) is 0.446. The third-order valence-electron chi connectivity index (χ3n) is 3.84. The maximum atomic E-state index is 12.5. The molecule has 1 aromatic carbocycles. The molecule has 0 atom stereocenters. The number of anilines is 1. The summed E-state index contributed by atoms with van der Waals surface area (Å²) < 4.78 is 5.22. The third-order valence-corrected chi connectivity index (χ3v) is 5.72. The third kappa shape index (κ3) is 5.09. The number of thiophene rings is 1. The number of amides is 1. The van der Waals surface area contributed by atoms with Gasteiger partial charge < -0.3 is 15.8 Å². The molecular formula is C19H24N2O3S2. The number of hydrogen-bond acceptors (Lipinski definition) is 6. The molecule has 3 N–H and O–H groups in total. The van der Waals surface area contributed by atoms with E-state index in [-0.39, 0.29) is 12.5 Å². The summed E-state index contributed by atoms with van der Waals surface area (Å²) in [6.07, 6.45) is 0. The molecule has 1 amide bonds. The lowest BCUT2D eigenvalue weighted by atomic mass is 9.99. The largest absolute Gasteiger partial charge is 0.462 e. The fourth-order valence-corrected chi connectivity index (χ4v) is 3.93. The SMILES string of the molecule is CCOC(=O)c1c(-c2ccc(C)c(C)c2)csc1NC(=O)CSCCN. The number of benzene rings is 1. The van der Waals surface area contributed by atoms with Gasteiger partial charge in [-0.3, -0.25) is 4.79 Å². The highest BCUT2D eigenvalue weighted by Gasteiger charge is 2.23. The number of nitrogens with two attached hydrogens (primary N) is 1. The Morgan fingerprint density at radius 1 is 1.27 bits per heavy atom. The first kappa shape index (κ1) is 20.5. The zero-order chi connectivity index (χ0) is 19.1. The van der Waals surface area contributed by atoms with Crippen LogP contribution < -0.4 is 11.1 Å². The fraction of sp³-hybridized carbons (Fsp3) is 0.368. The van der Waals surface area contributed by atoms with E-state index in [4.69, 9.17) is 10.5 Å².